The van der Waals surface area contributed by atoms with Crippen LogP contribution in [0.4, 0.5) is 4.39 Å². The summed E-state index contributed by atoms with van der Waals surface area (Å²) >= 11 is 0. The normalized spacial score (nSPS) is 10.3. The number of carbonyl (C=O) groups is 1. The van der Waals surface area contributed by atoms with Gasteiger partial charge >= 0.3 is 0 Å². The highest BCUT2D eigenvalue weighted by Crippen LogP contribution is 2.25. The van der Waals surface area contributed by atoms with Gasteiger partial charge < -0.3 is 14.7 Å². The van der Waals surface area contributed by atoms with Gasteiger partial charge in [-0.1, -0.05) is 12.1 Å². The molecule has 0 unspecified atom stereocenters. The largest absolute Gasteiger partial charge is 0.507 e. The van der Waals surface area contributed by atoms with Crippen LogP contribution in [0.3, 0.4) is 0 Å². The zero-order valence-corrected chi connectivity index (χ0v) is 12.5. The smallest absolute Gasteiger partial charge is 0.257 e. The number of phenols is 1. The lowest BCUT2D eigenvalue weighted by Crippen LogP contribution is -2.30. The first kappa shape index (κ1) is 15.8. The molecule has 0 bridgehead atoms. The quantitative estimate of drug-likeness (QED) is 0.923. The Hall–Kier alpha value is -2.56. The Kier molecular flexibility index (Phi) is 4.99. The van der Waals surface area contributed by atoms with Crippen LogP contribution in [-0.2, 0) is 6.54 Å². The van der Waals surface area contributed by atoms with Crippen molar-refractivity contribution in [3.63, 3.8) is 0 Å². The second-order valence-corrected chi connectivity index (χ2v) is 4.83. The lowest BCUT2D eigenvalue weighted by molar-refractivity contribution is 0.0749. The summed E-state index contributed by atoms with van der Waals surface area (Å²) in [5, 5.41) is 9.96. The molecule has 1 N–H and O–H groups in total. The number of hydrogen-bond donors (Lipinski definition) is 1. The molecule has 0 atom stereocenters. The molecule has 0 aliphatic rings. The summed E-state index contributed by atoms with van der Waals surface area (Å²) in [6.07, 6.45) is 0. The van der Waals surface area contributed by atoms with E-state index in [1.54, 1.807) is 18.2 Å². The van der Waals surface area contributed by atoms with Crippen LogP contribution in [-0.4, -0.2) is 29.6 Å². The second-order valence-electron chi connectivity index (χ2n) is 4.83. The maximum absolute atomic E-state index is 13.2. The number of hydrogen-bond acceptors (Lipinski definition) is 3. The molecule has 0 saturated heterocycles. The molecule has 0 aromatic heterocycles. The minimum absolute atomic E-state index is 0.137. The van der Waals surface area contributed by atoms with Crippen molar-refractivity contribution in [2.45, 2.75) is 13.5 Å². The number of carbonyl (C=O) groups excluding carboxylic acids is 1. The first-order valence-corrected chi connectivity index (χ1v) is 6.96. The molecule has 0 fully saturated rings. The van der Waals surface area contributed by atoms with E-state index in [1.165, 1.54) is 36.3 Å². The molecule has 5 heteroatoms. The fraction of sp³-hybridized carbons (Fsp3) is 0.235. The number of aromatic hydroxyl groups is 1. The highest BCUT2D eigenvalue weighted by molar-refractivity contribution is 5.97. The molecule has 4 nitrogen and oxygen atoms in total. The van der Waals surface area contributed by atoms with E-state index in [-0.39, 0.29) is 29.6 Å². The molecule has 1 amide bonds. The molecular formula is C17H18FNO3. The average molecular weight is 303 g/mol. The van der Waals surface area contributed by atoms with E-state index < -0.39 is 0 Å². The summed E-state index contributed by atoms with van der Waals surface area (Å²) in [6, 6.07) is 10.6. The molecule has 0 aliphatic heterocycles. The molecule has 2 rings (SSSR count). The SMILES string of the molecule is CCN(Cc1cccc(F)c1)C(=O)c1ccc(OC)cc1O. The average Bonchev–Trinajstić information content (AvgIpc) is 2.52. The zero-order valence-electron chi connectivity index (χ0n) is 12.5. The number of ether oxygens (including phenoxy) is 1. The number of benzene rings is 2. The van der Waals surface area contributed by atoms with E-state index in [0.29, 0.717) is 17.9 Å². The van der Waals surface area contributed by atoms with Crippen LogP contribution >= 0.6 is 0 Å². The van der Waals surface area contributed by atoms with Crippen molar-refractivity contribution in [2.75, 3.05) is 13.7 Å². The summed E-state index contributed by atoms with van der Waals surface area (Å²) < 4.78 is 18.2. The van der Waals surface area contributed by atoms with E-state index in [0.717, 1.165) is 0 Å². The summed E-state index contributed by atoms with van der Waals surface area (Å²) in [6.45, 7) is 2.55. The molecule has 2 aromatic rings. The highest BCUT2D eigenvalue weighted by Gasteiger charge is 2.18. The minimum atomic E-state index is -0.340. The summed E-state index contributed by atoms with van der Waals surface area (Å²) in [4.78, 5) is 14.1. The Bertz CT molecular complexity index is 673. The predicted molar refractivity (Wildman–Crippen MR) is 81.5 cm³/mol. The number of phenolic OH excluding ortho intramolecular Hbond substituents is 1. The number of amides is 1. The molecular weight excluding hydrogens is 285 g/mol. The van der Waals surface area contributed by atoms with Gasteiger partial charge in [-0.2, -0.15) is 0 Å². The Morgan fingerprint density at radius 2 is 2.05 bits per heavy atom. The summed E-state index contributed by atoms with van der Waals surface area (Å²) in [5.41, 5.74) is 0.891. The van der Waals surface area contributed by atoms with E-state index in [2.05, 4.69) is 0 Å². The first-order valence-electron chi connectivity index (χ1n) is 6.96. The first-order chi connectivity index (χ1) is 10.5. The summed E-state index contributed by atoms with van der Waals surface area (Å²) in [7, 11) is 1.48. The summed E-state index contributed by atoms with van der Waals surface area (Å²) in [5.74, 6) is -0.315. The second kappa shape index (κ2) is 6.93. The Morgan fingerprint density at radius 1 is 1.27 bits per heavy atom. The molecule has 0 heterocycles. The third kappa shape index (κ3) is 3.55. The predicted octanol–water partition coefficient (Wildman–Crippen LogP) is 3.20. The molecule has 0 saturated carbocycles. The Morgan fingerprint density at radius 3 is 2.64 bits per heavy atom. The third-order valence-electron chi connectivity index (χ3n) is 3.37. The van der Waals surface area contributed by atoms with E-state index in [9.17, 15) is 14.3 Å². The van der Waals surface area contributed by atoms with Gasteiger partial charge in [-0.3, -0.25) is 4.79 Å². The van der Waals surface area contributed by atoms with Crippen LogP contribution in [0, 0.1) is 5.82 Å². The molecule has 116 valence electrons. The molecule has 2 aromatic carbocycles. The highest BCUT2D eigenvalue weighted by atomic mass is 19.1. The minimum Gasteiger partial charge on any atom is -0.507 e. The van der Waals surface area contributed by atoms with Crippen LogP contribution in [0.5, 0.6) is 11.5 Å². The topological polar surface area (TPSA) is 49.8 Å². The van der Waals surface area contributed by atoms with E-state index in [1.807, 2.05) is 6.92 Å². The van der Waals surface area contributed by atoms with Gasteiger partial charge in [0.2, 0.25) is 0 Å². The molecule has 0 spiro atoms. The maximum atomic E-state index is 13.2. The maximum Gasteiger partial charge on any atom is 0.257 e. The van der Waals surface area contributed by atoms with Gasteiger partial charge in [-0.15, -0.1) is 0 Å². The van der Waals surface area contributed by atoms with Crippen LogP contribution in [0.1, 0.15) is 22.8 Å². The van der Waals surface area contributed by atoms with Crippen molar-refractivity contribution in [2.24, 2.45) is 0 Å². The zero-order chi connectivity index (χ0) is 16.1. The lowest BCUT2D eigenvalue weighted by atomic mass is 10.1. The van der Waals surface area contributed by atoms with Gasteiger partial charge in [0, 0.05) is 19.2 Å². The van der Waals surface area contributed by atoms with Crippen LogP contribution < -0.4 is 4.74 Å². The Labute approximate surface area is 128 Å². The number of halogens is 1. The van der Waals surface area contributed by atoms with Gasteiger partial charge in [0.25, 0.3) is 5.91 Å². The van der Waals surface area contributed by atoms with Crippen LogP contribution in [0.2, 0.25) is 0 Å². The fourth-order valence-electron chi connectivity index (χ4n) is 2.17. The van der Waals surface area contributed by atoms with Crippen molar-refractivity contribution >= 4 is 5.91 Å². The van der Waals surface area contributed by atoms with Gasteiger partial charge in [-0.25, -0.2) is 4.39 Å². The van der Waals surface area contributed by atoms with Crippen molar-refractivity contribution < 1.29 is 19.0 Å². The van der Waals surface area contributed by atoms with Gasteiger partial charge in [-0.05, 0) is 36.8 Å². The lowest BCUT2D eigenvalue weighted by Gasteiger charge is -2.21. The molecule has 0 aliphatic carbocycles. The van der Waals surface area contributed by atoms with E-state index in [4.69, 9.17) is 4.74 Å². The number of methoxy groups -OCH3 is 1. The van der Waals surface area contributed by atoms with Crippen molar-refractivity contribution in [1.29, 1.82) is 0 Å². The Balaban J connectivity index is 2.22. The van der Waals surface area contributed by atoms with Gasteiger partial charge in [0.05, 0.1) is 12.7 Å². The number of nitrogens with zero attached hydrogens (tertiary/aromatic N) is 1. The third-order valence-corrected chi connectivity index (χ3v) is 3.37. The fourth-order valence-corrected chi connectivity index (χ4v) is 2.17. The van der Waals surface area contributed by atoms with Crippen LogP contribution in [0.15, 0.2) is 42.5 Å². The van der Waals surface area contributed by atoms with Crippen molar-refractivity contribution in [1.82, 2.24) is 4.90 Å². The molecule has 22 heavy (non-hydrogen) atoms. The monoisotopic (exact) mass is 303 g/mol. The van der Waals surface area contributed by atoms with E-state index >= 15 is 0 Å². The van der Waals surface area contributed by atoms with Crippen LogP contribution in [0.25, 0.3) is 0 Å². The van der Waals surface area contributed by atoms with Crippen molar-refractivity contribution in [3.05, 3.63) is 59.4 Å². The molecule has 0 radical (unpaired) electrons. The standard InChI is InChI=1S/C17H18FNO3/c1-3-19(11-12-5-4-6-13(18)9-12)17(21)15-8-7-14(22-2)10-16(15)20/h4-10,20H,3,11H2,1-2H3. The van der Waals surface area contributed by atoms with Gasteiger partial charge in [0.15, 0.2) is 0 Å². The van der Waals surface area contributed by atoms with Gasteiger partial charge in [0.1, 0.15) is 17.3 Å². The number of rotatable bonds is 5. The van der Waals surface area contributed by atoms with Crippen molar-refractivity contribution in [3.8, 4) is 11.5 Å².